The molecule has 0 heterocycles. The third-order valence-electron chi connectivity index (χ3n) is 2.50. The maximum atomic E-state index is 12.9. The van der Waals surface area contributed by atoms with Gasteiger partial charge in [-0.2, -0.15) is 0 Å². The molecule has 1 aromatic rings. The predicted octanol–water partition coefficient (Wildman–Crippen LogP) is 2.15. The summed E-state index contributed by atoms with van der Waals surface area (Å²) < 4.78 is 25.6. The summed E-state index contributed by atoms with van der Waals surface area (Å²) in [4.78, 5) is 11.8. The molecule has 1 atom stereocenters. The molecule has 94 valence electrons. The Morgan fingerprint density at radius 3 is 2.59 bits per heavy atom. The van der Waals surface area contributed by atoms with Crippen LogP contribution in [0.2, 0.25) is 0 Å². The molecule has 0 aliphatic rings. The van der Waals surface area contributed by atoms with Gasteiger partial charge in [0.15, 0.2) is 11.6 Å². The molecular formula is C12H16F2N2O. The zero-order valence-electron chi connectivity index (χ0n) is 9.89. The molecule has 0 radical (unpaired) electrons. The molecule has 0 aromatic heterocycles. The Labute approximate surface area is 99.2 Å². The molecule has 0 aliphatic heterocycles. The molecule has 1 amide bonds. The smallest absolute Gasteiger partial charge is 0.228 e. The molecule has 0 aliphatic carbocycles. The van der Waals surface area contributed by atoms with Crippen LogP contribution in [0.5, 0.6) is 0 Å². The average molecular weight is 242 g/mol. The van der Waals surface area contributed by atoms with Crippen LogP contribution in [-0.2, 0) is 4.79 Å². The van der Waals surface area contributed by atoms with E-state index in [1.165, 1.54) is 6.07 Å². The molecule has 2 N–H and O–H groups in total. The Hall–Kier alpha value is -1.49. The summed E-state index contributed by atoms with van der Waals surface area (Å²) in [7, 11) is 1.76. The highest BCUT2D eigenvalue weighted by Crippen LogP contribution is 2.14. The maximum absolute atomic E-state index is 12.9. The van der Waals surface area contributed by atoms with Gasteiger partial charge in [-0.25, -0.2) is 8.78 Å². The van der Waals surface area contributed by atoms with Crippen molar-refractivity contribution >= 4 is 11.6 Å². The van der Waals surface area contributed by atoms with Crippen molar-refractivity contribution in [2.24, 2.45) is 5.92 Å². The van der Waals surface area contributed by atoms with E-state index in [4.69, 9.17) is 0 Å². The lowest BCUT2D eigenvalue weighted by molar-refractivity contribution is -0.119. The van der Waals surface area contributed by atoms with Crippen LogP contribution in [0.25, 0.3) is 0 Å². The first-order valence-corrected chi connectivity index (χ1v) is 5.49. The first-order valence-electron chi connectivity index (χ1n) is 5.49. The van der Waals surface area contributed by atoms with E-state index in [2.05, 4.69) is 10.6 Å². The summed E-state index contributed by atoms with van der Waals surface area (Å²) in [6, 6.07) is 3.30. The van der Waals surface area contributed by atoms with Gasteiger partial charge in [0.05, 0.1) is 5.92 Å². The highest BCUT2D eigenvalue weighted by molar-refractivity contribution is 5.92. The van der Waals surface area contributed by atoms with E-state index in [0.29, 0.717) is 13.0 Å². The molecule has 1 aromatic carbocycles. The summed E-state index contributed by atoms with van der Waals surface area (Å²) in [6.45, 7) is 2.44. The third kappa shape index (κ3) is 3.78. The zero-order valence-corrected chi connectivity index (χ0v) is 9.89. The van der Waals surface area contributed by atoms with Crippen LogP contribution in [-0.4, -0.2) is 19.5 Å². The second kappa shape index (κ2) is 6.30. The molecule has 3 nitrogen and oxygen atoms in total. The summed E-state index contributed by atoms with van der Waals surface area (Å²) in [5.41, 5.74) is 0.267. The number of hydrogen-bond donors (Lipinski definition) is 2. The molecule has 1 unspecified atom stereocenters. The fourth-order valence-electron chi connectivity index (χ4n) is 1.49. The normalized spacial score (nSPS) is 12.2. The number of carbonyl (C=O) groups is 1. The van der Waals surface area contributed by atoms with Gasteiger partial charge in [0, 0.05) is 18.3 Å². The van der Waals surface area contributed by atoms with Gasteiger partial charge in [0.25, 0.3) is 0 Å². The number of anilines is 1. The number of rotatable bonds is 5. The minimum absolute atomic E-state index is 0.187. The second-order valence-electron chi connectivity index (χ2n) is 3.78. The van der Waals surface area contributed by atoms with Crippen molar-refractivity contribution in [3.05, 3.63) is 29.8 Å². The fourth-order valence-corrected chi connectivity index (χ4v) is 1.49. The molecule has 0 spiro atoms. The molecule has 0 saturated heterocycles. The van der Waals surface area contributed by atoms with E-state index < -0.39 is 11.6 Å². The van der Waals surface area contributed by atoms with Gasteiger partial charge in [-0.1, -0.05) is 6.92 Å². The van der Waals surface area contributed by atoms with Gasteiger partial charge in [-0.3, -0.25) is 4.79 Å². The van der Waals surface area contributed by atoms with E-state index in [0.717, 1.165) is 12.1 Å². The van der Waals surface area contributed by atoms with Crippen molar-refractivity contribution < 1.29 is 13.6 Å². The molecule has 1 rings (SSSR count). The fraction of sp³-hybridized carbons (Fsp3) is 0.417. The van der Waals surface area contributed by atoms with E-state index in [1.807, 2.05) is 6.92 Å². The molecule has 0 bridgehead atoms. The predicted molar refractivity (Wildman–Crippen MR) is 62.7 cm³/mol. The highest BCUT2D eigenvalue weighted by atomic mass is 19.2. The van der Waals surface area contributed by atoms with Crippen molar-refractivity contribution in [2.45, 2.75) is 13.3 Å². The van der Waals surface area contributed by atoms with Crippen molar-refractivity contribution in [1.29, 1.82) is 0 Å². The van der Waals surface area contributed by atoms with Gasteiger partial charge < -0.3 is 10.6 Å². The van der Waals surface area contributed by atoms with Gasteiger partial charge in [-0.15, -0.1) is 0 Å². The highest BCUT2D eigenvalue weighted by Gasteiger charge is 2.15. The SMILES string of the molecule is CCC(CNC)C(=O)Nc1ccc(F)c(F)c1. The standard InChI is InChI=1S/C12H16F2N2O/c1-3-8(7-15-2)12(17)16-9-4-5-10(13)11(14)6-9/h4-6,8,15H,3,7H2,1-2H3,(H,16,17). The number of hydrogen-bond acceptors (Lipinski definition) is 2. The topological polar surface area (TPSA) is 41.1 Å². The van der Waals surface area contributed by atoms with E-state index in [9.17, 15) is 13.6 Å². The van der Waals surface area contributed by atoms with Crippen LogP contribution in [0.3, 0.4) is 0 Å². The number of amides is 1. The van der Waals surface area contributed by atoms with Crippen LogP contribution < -0.4 is 10.6 Å². The molecule has 0 saturated carbocycles. The van der Waals surface area contributed by atoms with Gasteiger partial charge in [0.1, 0.15) is 0 Å². The molecule has 17 heavy (non-hydrogen) atoms. The van der Waals surface area contributed by atoms with Crippen LogP contribution in [0.4, 0.5) is 14.5 Å². The van der Waals surface area contributed by atoms with Crippen molar-refractivity contribution in [2.75, 3.05) is 18.9 Å². The average Bonchev–Trinajstić information content (AvgIpc) is 2.30. The van der Waals surface area contributed by atoms with Crippen molar-refractivity contribution in [1.82, 2.24) is 5.32 Å². The van der Waals surface area contributed by atoms with E-state index in [1.54, 1.807) is 7.05 Å². The van der Waals surface area contributed by atoms with Gasteiger partial charge >= 0.3 is 0 Å². The van der Waals surface area contributed by atoms with E-state index in [-0.39, 0.29) is 17.5 Å². The summed E-state index contributed by atoms with van der Waals surface area (Å²) in [5.74, 6) is -2.28. The monoisotopic (exact) mass is 242 g/mol. The first-order chi connectivity index (χ1) is 8.08. The second-order valence-corrected chi connectivity index (χ2v) is 3.78. The van der Waals surface area contributed by atoms with Crippen LogP contribution in [0.15, 0.2) is 18.2 Å². The number of benzene rings is 1. The number of nitrogens with one attached hydrogen (secondary N) is 2. The molecule has 5 heteroatoms. The lowest BCUT2D eigenvalue weighted by Crippen LogP contribution is -2.30. The van der Waals surface area contributed by atoms with E-state index >= 15 is 0 Å². The van der Waals surface area contributed by atoms with Gasteiger partial charge in [0.2, 0.25) is 5.91 Å². The third-order valence-corrected chi connectivity index (χ3v) is 2.50. The maximum Gasteiger partial charge on any atom is 0.228 e. The van der Waals surface area contributed by atoms with Crippen molar-refractivity contribution in [3.8, 4) is 0 Å². The largest absolute Gasteiger partial charge is 0.326 e. The summed E-state index contributed by atoms with van der Waals surface area (Å²) in [6.07, 6.45) is 0.677. The Balaban J connectivity index is 2.69. The Bertz CT molecular complexity index is 396. The van der Waals surface area contributed by atoms with Crippen LogP contribution >= 0.6 is 0 Å². The molecular weight excluding hydrogens is 226 g/mol. The Kier molecular flexibility index (Phi) is 5.03. The van der Waals surface area contributed by atoms with Crippen molar-refractivity contribution in [3.63, 3.8) is 0 Å². The minimum atomic E-state index is -0.968. The van der Waals surface area contributed by atoms with Gasteiger partial charge in [-0.05, 0) is 25.6 Å². The summed E-state index contributed by atoms with van der Waals surface area (Å²) >= 11 is 0. The Morgan fingerprint density at radius 2 is 2.06 bits per heavy atom. The number of halogens is 2. The Morgan fingerprint density at radius 1 is 1.35 bits per heavy atom. The first kappa shape index (κ1) is 13.6. The summed E-state index contributed by atoms with van der Waals surface area (Å²) in [5, 5.41) is 5.47. The lowest BCUT2D eigenvalue weighted by atomic mass is 10.1. The lowest BCUT2D eigenvalue weighted by Gasteiger charge is -2.14. The number of carbonyl (C=O) groups excluding carboxylic acids is 1. The quantitative estimate of drug-likeness (QED) is 0.830. The van der Waals surface area contributed by atoms with Crippen LogP contribution in [0, 0.1) is 17.6 Å². The molecule has 0 fully saturated rings. The minimum Gasteiger partial charge on any atom is -0.326 e. The van der Waals surface area contributed by atoms with Crippen LogP contribution in [0.1, 0.15) is 13.3 Å². The zero-order chi connectivity index (χ0) is 12.8.